The third-order valence-electron chi connectivity index (χ3n) is 4.67. The minimum absolute atomic E-state index is 0.109. The van der Waals surface area contributed by atoms with Crippen LogP contribution in [0.5, 0.6) is 5.75 Å². The summed E-state index contributed by atoms with van der Waals surface area (Å²) in [6.45, 7) is -0.335. The number of nitrogens with zero attached hydrogens (tertiary/aromatic N) is 2. The molecule has 0 radical (unpaired) electrons. The van der Waals surface area contributed by atoms with Gasteiger partial charge in [-0.2, -0.15) is 8.78 Å². The number of ether oxygens (including phenoxy) is 2. The molecule has 168 valence electrons. The van der Waals surface area contributed by atoms with E-state index < -0.39 is 18.4 Å². The fourth-order valence-corrected chi connectivity index (χ4v) is 4.22. The van der Waals surface area contributed by atoms with E-state index in [1.807, 2.05) is 12.1 Å². The van der Waals surface area contributed by atoms with Crippen molar-refractivity contribution < 1.29 is 27.8 Å². The number of nitrogens with one attached hydrogen (secondary N) is 2. The van der Waals surface area contributed by atoms with Crippen molar-refractivity contribution in [2.45, 2.75) is 6.61 Å². The number of aromatic nitrogens is 1. The maximum atomic E-state index is 12.3. The number of morpholine rings is 1. The maximum absolute atomic E-state index is 12.3. The number of carbonyl (C=O) groups is 2. The summed E-state index contributed by atoms with van der Waals surface area (Å²) in [5.74, 6) is -1.13. The monoisotopic (exact) mass is 462 g/mol. The van der Waals surface area contributed by atoms with Gasteiger partial charge in [-0.1, -0.05) is 17.4 Å². The first-order valence-electron chi connectivity index (χ1n) is 9.84. The highest BCUT2D eigenvalue weighted by atomic mass is 32.1. The molecule has 1 aromatic heterocycles. The summed E-state index contributed by atoms with van der Waals surface area (Å²) in [7, 11) is 0. The van der Waals surface area contributed by atoms with Crippen molar-refractivity contribution in [3.8, 4) is 5.75 Å². The van der Waals surface area contributed by atoms with Crippen molar-refractivity contribution in [3.05, 3.63) is 48.0 Å². The summed E-state index contributed by atoms with van der Waals surface area (Å²) in [6, 6.07) is 10.8. The second kappa shape index (κ2) is 9.88. The molecule has 2 aromatic carbocycles. The van der Waals surface area contributed by atoms with Gasteiger partial charge in [-0.15, -0.1) is 0 Å². The van der Waals surface area contributed by atoms with Crippen molar-refractivity contribution in [2.75, 3.05) is 43.1 Å². The van der Waals surface area contributed by atoms with Gasteiger partial charge in [0.1, 0.15) is 5.75 Å². The van der Waals surface area contributed by atoms with Gasteiger partial charge in [-0.05, 0) is 36.4 Å². The fraction of sp³-hybridized carbons (Fsp3) is 0.286. The zero-order valence-electron chi connectivity index (χ0n) is 16.8. The molecule has 0 unspecified atom stereocenters. The number of carbonyl (C=O) groups excluding carboxylic acids is 2. The average Bonchev–Trinajstić information content (AvgIpc) is 3.21. The molecule has 2 amide bonds. The molecule has 1 saturated heterocycles. The van der Waals surface area contributed by atoms with Crippen LogP contribution in [0.4, 0.5) is 19.6 Å². The summed E-state index contributed by atoms with van der Waals surface area (Å²) >= 11 is 1.54. The molecule has 32 heavy (non-hydrogen) atoms. The van der Waals surface area contributed by atoms with E-state index in [0.717, 1.165) is 28.4 Å². The van der Waals surface area contributed by atoms with Crippen LogP contribution in [-0.2, 0) is 9.53 Å². The lowest BCUT2D eigenvalue weighted by atomic mass is 10.2. The van der Waals surface area contributed by atoms with E-state index in [9.17, 15) is 18.4 Å². The predicted octanol–water partition coefficient (Wildman–Crippen LogP) is 3.10. The molecule has 1 aliphatic heterocycles. The smallest absolute Gasteiger partial charge is 0.387 e. The molecule has 2 heterocycles. The van der Waals surface area contributed by atoms with Gasteiger partial charge >= 0.3 is 6.61 Å². The number of thiazole rings is 1. The minimum Gasteiger partial charge on any atom is -0.435 e. The molecule has 0 aliphatic carbocycles. The van der Waals surface area contributed by atoms with Crippen molar-refractivity contribution in [1.82, 2.24) is 10.3 Å². The molecule has 3 aromatic rings. The second-order valence-electron chi connectivity index (χ2n) is 6.92. The predicted molar refractivity (Wildman–Crippen MR) is 117 cm³/mol. The molecular weight excluding hydrogens is 442 g/mol. The molecular formula is C21H20F2N4O4S. The highest BCUT2D eigenvalue weighted by Gasteiger charge is 2.16. The van der Waals surface area contributed by atoms with Crippen LogP contribution in [0.25, 0.3) is 10.2 Å². The van der Waals surface area contributed by atoms with Gasteiger partial charge in [-0.25, -0.2) is 4.98 Å². The SMILES string of the molecule is O=C(CNC(=O)c1cccc(OC(F)F)c1)Nc1ccc2nc(N3CCOCC3)sc2c1. The maximum Gasteiger partial charge on any atom is 0.387 e. The standard InChI is InChI=1S/C21H20F2N4O4S/c22-20(23)31-15-3-1-2-13(10-15)19(29)24-12-18(28)25-14-4-5-16-17(11-14)32-21(26-16)27-6-8-30-9-7-27/h1-5,10-11,20H,6-9,12H2,(H,24,29)(H,25,28). The second-order valence-corrected chi connectivity index (χ2v) is 7.92. The number of halogens is 2. The van der Waals surface area contributed by atoms with Gasteiger partial charge in [0.25, 0.3) is 5.91 Å². The van der Waals surface area contributed by atoms with Crippen LogP contribution in [-0.4, -0.2) is 56.3 Å². The highest BCUT2D eigenvalue weighted by molar-refractivity contribution is 7.22. The van der Waals surface area contributed by atoms with Crippen LogP contribution >= 0.6 is 11.3 Å². The Hall–Kier alpha value is -3.31. The third kappa shape index (κ3) is 5.48. The van der Waals surface area contributed by atoms with Crippen LogP contribution in [0.2, 0.25) is 0 Å². The van der Waals surface area contributed by atoms with Crippen molar-refractivity contribution in [2.24, 2.45) is 0 Å². The van der Waals surface area contributed by atoms with Gasteiger partial charge in [0, 0.05) is 24.3 Å². The zero-order chi connectivity index (χ0) is 22.5. The van der Waals surface area contributed by atoms with Crippen LogP contribution in [0.1, 0.15) is 10.4 Å². The van der Waals surface area contributed by atoms with E-state index in [-0.39, 0.29) is 17.9 Å². The Balaban J connectivity index is 1.34. The Morgan fingerprint density at radius 3 is 2.78 bits per heavy atom. The van der Waals surface area contributed by atoms with Crippen LogP contribution in [0, 0.1) is 0 Å². The van der Waals surface area contributed by atoms with Crippen molar-refractivity contribution in [1.29, 1.82) is 0 Å². The van der Waals surface area contributed by atoms with Crippen molar-refractivity contribution >= 4 is 44.2 Å². The average molecular weight is 462 g/mol. The van der Waals surface area contributed by atoms with Gasteiger partial charge in [0.15, 0.2) is 5.13 Å². The lowest BCUT2D eigenvalue weighted by Gasteiger charge is -2.25. The van der Waals surface area contributed by atoms with Gasteiger partial charge < -0.3 is 25.0 Å². The number of alkyl halides is 2. The summed E-state index contributed by atoms with van der Waals surface area (Å²) in [5, 5.41) is 6.11. The Labute approximate surface area is 186 Å². The van der Waals surface area contributed by atoms with E-state index in [0.29, 0.717) is 18.9 Å². The third-order valence-corrected chi connectivity index (χ3v) is 5.75. The van der Waals surface area contributed by atoms with Crippen molar-refractivity contribution in [3.63, 3.8) is 0 Å². The zero-order valence-corrected chi connectivity index (χ0v) is 17.7. The Bertz CT molecular complexity index is 1120. The number of hydrogen-bond acceptors (Lipinski definition) is 7. The molecule has 0 saturated carbocycles. The quantitative estimate of drug-likeness (QED) is 0.561. The number of amides is 2. The molecule has 4 rings (SSSR count). The normalized spacial score (nSPS) is 13.9. The van der Waals surface area contributed by atoms with E-state index >= 15 is 0 Å². The van der Waals surface area contributed by atoms with Crippen LogP contribution in [0.15, 0.2) is 42.5 Å². The minimum atomic E-state index is -2.99. The molecule has 11 heteroatoms. The summed E-state index contributed by atoms with van der Waals surface area (Å²) in [5.41, 5.74) is 1.53. The summed E-state index contributed by atoms with van der Waals surface area (Å²) < 4.78 is 35.2. The van der Waals surface area contributed by atoms with Gasteiger partial charge in [-0.3, -0.25) is 9.59 Å². The lowest BCUT2D eigenvalue weighted by Crippen LogP contribution is -2.36. The van der Waals surface area contributed by atoms with E-state index in [1.54, 1.807) is 6.07 Å². The summed E-state index contributed by atoms with van der Waals surface area (Å²) in [6.07, 6.45) is 0. The molecule has 2 N–H and O–H groups in total. The molecule has 1 fully saturated rings. The molecule has 8 nitrogen and oxygen atoms in total. The molecule has 0 spiro atoms. The first-order chi connectivity index (χ1) is 15.5. The largest absolute Gasteiger partial charge is 0.435 e. The number of rotatable bonds is 7. The topological polar surface area (TPSA) is 92.8 Å². The van der Waals surface area contributed by atoms with E-state index in [1.165, 1.54) is 35.6 Å². The van der Waals surface area contributed by atoms with Crippen LogP contribution < -0.4 is 20.3 Å². The van der Waals surface area contributed by atoms with Gasteiger partial charge in [0.05, 0.1) is 30.0 Å². The Kier molecular flexibility index (Phi) is 6.76. The number of fused-ring (bicyclic) bond motifs is 1. The number of anilines is 2. The molecule has 0 bridgehead atoms. The summed E-state index contributed by atoms with van der Waals surface area (Å²) in [4.78, 5) is 31.3. The number of benzene rings is 2. The van der Waals surface area contributed by atoms with Gasteiger partial charge in [0.2, 0.25) is 5.91 Å². The van der Waals surface area contributed by atoms with E-state index in [4.69, 9.17) is 4.74 Å². The molecule has 0 atom stereocenters. The Morgan fingerprint density at radius 1 is 1.19 bits per heavy atom. The molecule has 1 aliphatic rings. The Morgan fingerprint density at radius 2 is 2.00 bits per heavy atom. The van der Waals surface area contributed by atoms with Crippen LogP contribution in [0.3, 0.4) is 0 Å². The first-order valence-corrected chi connectivity index (χ1v) is 10.7. The first kappa shape index (κ1) is 21.9. The highest BCUT2D eigenvalue weighted by Crippen LogP contribution is 2.31. The fourth-order valence-electron chi connectivity index (χ4n) is 3.16. The number of hydrogen-bond donors (Lipinski definition) is 2. The van der Waals surface area contributed by atoms with E-state index in [2.05, 4.69) is 25.3 Å². The lowest BCUT2D eigenvalue weighted by molar-refractivity contribution is -0.115.